The second-order valence-corrected chi connectivity index (χ2v) is 6.82. The lowest BCUT2D eigenvalue weighted by Gasteiger charge is -2.20. The number of aromatic nitrogens is 6. The van der Waals surface area contributed by atoms with Gasteiger partial charge < -0.3 is 14.8 Å². The summed E-state index contributed by atoms with van der Waals surface area (Å²) in [6.07, 6.45) is 3.38. The van der Waals surface area contributed by atoms with Gasteiger partial charge in [-0.1, -0.05) is 13.8 Å². The second-order valence-electron chi connectivity index (χ2n) is 6.82. The summed E-state index contributed by atoms with van der Waals surface area (Å²) in [5, 5.41) is 12.1. The molecule has 0 saturated carbocycles. The van der Waals surface area contributed by atoms with E-state index in [1.165, 1.54) is 12.8 Å². The first-order valence-electron chi connectivity index (χ1n) is 8.57. The van der Waals surface area contributed by atoms with Crippen molar-refractivity contribution in [2.24, 2.45) is 0 Å². The van der Waals surface area contributed by atoms with Crippen molar-refractivity contribution in [3.8, 4) is 0 Å². The van der Waals surface area contributed by atoms with Crippen molar-refractivity contribution >= 4 is 11.9 Å². The van der Waals surface area contributed by atoms with Gasteiger partial charge in [-0.3, -0.25) is 0 Å². The number of nitrogens with zero attached hydrogens (tertiary/aromatic N) is 7. The van der Waals surface area contributed by atoms with Crippen LogP contribution in [0, 0.1) is 0 Å². The van der Waals surface area contributed by atoms with Crippen LogP contribution in [0.1, 0.15) is 63.0 Å². The lowest BCUT2D eigenvalue weighted by molar-refractivity contribution is 0.500. The SMILES string of the molecule is CC(C)c1nc(NC(C)c2nnc3n2CCCC3)nc(N(C)C)n1. The molecule has 0 fully saturated rings. The summed E-state index contributed by atoms with van der Waals surface area (Å²) in [5.74, 6) is 4.29. The number of hydrogen-bond acceptors (Lipinski definition) is 7. The third-order valence-corrected chi connectivity index (χ3v) is 4.18. The third-order valence-electron chi connectivity index (χ3n) is 4.18. The van der Waals surface area contributed by atoms with Gasteiger partial charge in [0.15, 0.2) is 5.82 Å². The Bertz CT molecular complexity index is 680. The molecule has 3 heterocycles. The second kappa shape index (κ2) is 6.70. The third kappa shape index (κ3) is 3.32. The van der Waals surface area contributed by atoms with Gasteiger partial charge in [-0.2, -0.15) is 15.0 Å². The van der Waals surface area contributed by atoms with Crippen molar-refractivity contribution in [3.05, 3.63) is 17.5 Å². The predicted molar refractivity (Wildman–Crippen MR) is 93.2 cm³/mol. The van der Waals surface area contributed by atoms with Gasteiger partial charge in [0.05, 0.1) is 6.04 Å². The van der Waals surface area contributed by atoms with Crippen molar-refractivity contribution in [1.82, 2.24) is 29.7 Å². The van der Waals surface area contributed by atoms with Crippen LogP contribution < -0.4 is 10.2 Å². The molecular weight excluding hydrogens is 304 g/mol. The van der Waals surface area contributed by atoms with Gasteiger partial charge in [0, 0.05) is 33.0 Å². The number of anilines is 2. The molecule has 24 heavy (non-hydrogen) atoms. The molecule has 130 valence electrons. The summed E-state index contributed by atoms with van der Waals surface area (Å²) >= 11 is 0. The van der Waals surface area contributed by atoms with Crippen LogP contribution in [0.25, 0.3) is 0 Å². The average molecular weight is 330 g/mol. The smallest absolute Gasteiger partial charge is 0.229 e. The number of hydrogen-bond donors (Lipinski definition) is 1. The van der Waals surface area contributed by atoms with Crippen LogP contribution in [0.4, 0.5) is 11.9 Å². The summed E-state index contributed by atoms with van der Waals surface area (Å²) in [6, 6.07) is -0.0122. The Morgan fingerprint density at radius 2 is 1.83 bits per heavy atom. The lowest BCUT2D eigenvalue weighted by atomic mass is 10.1. The summed E-state index contributed by atoms with van der Waals surface area (Å²) in [6.45, 7) is 7.22. The molecule has 0 aliphatic carbocycles. The molecule has 8 heteroatoms. The van der Waals surface area contributed by atoms with Gasteiger partial charge in [0.2, 0.25) is 11.9 Å². The molecule has 0 spiro atoms. The highest BCUT2D eigenvalue weighted by Gasteiger charge is 2.21. The summed E-state index contributed by atoms with van der Waals surface area (Å²) in [4.78, 5) is 15.5. The van der Waals surface area contributed by atoms with Crippen LogP contribution >= 0.6 is 0 Å². The zero-order valence-corrected chi connectivity index (χ0v) is 15.1. The highest BCUT2D eigenvalue weighted by molar-refractivity contribution is 5.37. The predicted octanol–water partition coefficient (Wildman–Crippen LogP) is 2.16. The largest absolute Gasteiger partial charge is 0.347 e. The van der Waals surface area contributed by atoms with Gasteiger partial charge in [-0.05, 0) is 19.8 Å². The number of aryl methyl sites for hydroxylation is 1. The molecule has 1 aliphatic heterocycles. The van der Waals surface area contributed by atoms with Gasteiger partial charge >= 0.3 is 0 Å². The molecule has 0 radical (unpaired) electrons. The Kier molecular flexibility index (Phi) is 4.64. The zero-order valence-electron chi connectivity index (χ0n) is 15.1. The van der Waals surface area contributed by atoms with E-state index in [-0.39, 0.29) is 12.0 Å². The van der Waals surface area contributed by atoms with E-state index in [0.717, 1.165) is 30.4 Å². The maximum atomic E-state index is 4.56. The van der Waals surface area contributed by atoms with Gasteiger partial charge in [-0.15, -0.1) is 10.2 Å². The Hall–Kier alpha value is -2.25. The van der Waals surface area contributed by atoms with Crippen LogP contribution in [0.2, 0.25) is 0 Å². The molecule has 0 amide bonds. The fourth-order valence-corrected chi connectivity index (χ4v) is 2.81. The number of nitrogens with one attached hydrogen (secondary N) is 1. The molecule has 1 atom stereocenters. The van der Waals surface area contributed by atoms with Gasteiger partial charge in [-0.25, -0.2) is 0 Å². The number of rotatable bonds is 5. The molecule has 1 unspecified atom stereocenters. The van der Waals surface area contributed by atoms with Crippen LogP contribution in [0.15, 0.2) is 0 Å². The summed E-state index contributed by atoms with van der Waals surface area (Å²) in [7, 11) is 3.86. The maximum absolute atomic E-state index is 4.56. The first-order valence-corrected chi connectivity index (χ1v) is 8.57. The van der Waals surface area contributed by atoms with E-state index in [4.69, 9.17) is 0 Å². The molecule has 0 saturated heterocycles. The first-order chi connectivity index (χ1) is 11.5. The normalized spacial score (nSPS) is 15.2. The molecule has 0 aromatic carbocycles. The summed E-state index contributed by atoms with van der Waals surface area (Å²) < 4.78 is 2.22. The Morgan fingerprint density at radius 1 is 1.04 bits per heavy atom. The molecule has 2 aromatic rings. The topological polar surface area (TPSA) is 84.7 Å². The standard InChI is InChI=1S/C16H26N8/c1-10(2)13-18-15(20-16(19-13)23(4)5)17-11(3)14-22-21-12-8-6-7-9-24(12)14/h10-11H,6-9H2,1-5H3,(H,17,18,19,20). The fraction of sp³-hybridized carbons (Fsp3) is 0.688. The molecule has 3 rings (SSSR count). The minimum atomic E-state index is -0.0122. The van der Waals surface area contributed by atoms with Crippen LogP contribution in [-0.2, 0) is 13.0 Å². The fourth-order valence-electron chi connectivity index (χ4n) is 2.81. The molecule has 0 bridgehead atoms. The molecule has 1 N–H and O–H groups in total. The van der Waals surface area contributed by atoms with E-state index in [2.05, 4.69) is 55.8 Å². The van der Waals surface area contributed by atoms with E-state index in [0.29, 0.717) is 11.9 Å². The Morgan fingerprint density at radius 3 is 2.54 bits per heavy atom. The van der Waals surface area contributed by atoms with Crippen molar-refractivity contribution in [2.75, 3.05) is 24.3 Å². The Labute approximate surface area is 142 Å². The first kappa shape index (κ1) is 16.6. The molecular formula is C16H26N8. The van der Waals surface area contributed by atoms with E-state index in [1.807, 2.05) is 19.0 Å². The van der Waals surface area contributed by atoms with E-state index in [1.54, 1.807) is 0 Å². The van der Waals surface area contributed by atoms with Crippen LogP contribution in [-0.4, -0.2) is 43.8 Å². The maximum Gasteiger partial charge on any atom is 0.229 e. The van der Waals surface area contributed by atoms with E-state index in [9.17, 15) is 0 Å². The minimum absolute atomic E-state index is 0.0122. The zero-order chi connectivity index (χ0) is 17.3. The molecule has 2 aromatic heterocycles. The van der Waals surface area contributed by atoms with Crippen LogP contribution in [0.5, 0.6) is 0 Å². The van der Waals surface area contributed by atoms with Gasteiger partial charge in [0.1, 0.15) is 11.6 Å². The highest BCUT2D eigenvalue weighted by Crippen LogP contribution is 2.22. The minimum Gasteiger partial charge on any atom is -0.347 e. The van der Waals surface area contributed by atoms with Crippen molar-refractivity contribution < 1.29 is 0 Å². The lowest BCUT2D eigenvalue weighted by Crippen LogP contribution is -2.21. The van der Waals surface area contributed by atoms with Crippen molar-refractivity contribution in [1.29, 1.82) is 0 Å². The number of fused-ring (bicyclic) bond motifs is 1. The molecule has 8 nitrogen and oxygen atoms in total. The molecule has 1 aliphatic rings. The van der Waals surface area contributed by atoms with E-state index < -0.39 is 0 Å². The quantitative estimate of drug-likeness (QED) is 0.899. The monoisotopic (exact) mass is 330 g/mol. The Balaban J connectivity index is 1.86. The van der Waals surface area contributed by atoms with Crippen molar-refractivity contribution in [2.45, 2.75) is 58.5 Å². The highest BCUT2D eigenvalue weighted by atomic mass is 15.3. The van der Waals surface area contributed by atoms with Crippen LogP contribution in [0.3, 0.4) is 0 Å². The van der Waals surface area contributed by atoms with Crippen molar-refractivity contribution in [3.63, 3.8) is 0 Å². The van der Waals surface area contributed by atoms with Gasteiger partial charge in [0.25, 0.3) is 0 Å². The summed E-state index contributed by atoms with van der Waals surface area (Å²) in [5.41, 5.74) is 0. The van der Waals surface area contributed by atoms with E-state index >= 15 is 0 Å². The average Bonchev–Trinajstić information content (AvgIpc) is 2.98.